The van der Waals surface area contributed by atoms with Crippen molar-refractivity contribution < 1.29 is 17.7 Å². The van der Waals surface area contributed by atoms with Crippen LogP contribution in [0.3, 0.4) is 0 Å². The van der Waals surface area contributed by atoms with Gasteiger partial charge in [0.25, 0.3) is 0 Å². The first-order chi connectivity index (χ1) is 13.5. The van der Waals surface area contributed by atoms with E-state index in [4.69, 9.17) is 17.7 Å². The van der Waals surface area contributed by atoms with Gasteiger partial charge in [0, 0.05) is 6.61 Å². The summed E-state index contributed by atoms with van der Waals surface area (Å²) < 4.78 is 19.4. The van der Waals surface area contributed by atoms with E-state index in [9.17, 15) is 0 Å². The molecule has 0 aromatic carbocycles. The summed E-state index contributed by atoms with van der Waals surface area (Å²) in [6, 6.07) is 0. The van der Waals surface area contributed by atoms with E-state index in [1.807, 2.05) is 0 Å². The lowest BCUT2D eigenvalue weighted by Gasteiger charge is -2.11. The van der Waals surface area contributed by atoms with Crippen molar-refractivity contribution in [1.29, 1.82) is 0 Å². The lowest BCUT2D eigenvalue weighted by atomic mass is 10.2. The maximum Gasteiger partial charge on any atom is 0.104 e. The summed E-state index contributed by atoms with van der Waals surface area (Å²) in [5.41, 5.74) is 0. The SMILES string of the molecule is [2H]C([2H])(O)C(CO)OCCCCC=CCC=CCC=CCC=CCCCCC. The quantitative estimate of drug-likeness (QED) is 0.249. The molecule has 0 aliphatic rings. The molecule has 0 aromatic rings. The molecule has 3 nitrogen and oxygen atoms in total. The molecule has 0 aromatic heterocycles. The van der Waals surface area contributed by atoms with Gasteiger partial charge in [0.1, 0.15) is 6.10 Å². The minimum Gasteiger partial charge on any atom is -0.394 e. The van der Waals surface area contributed by atoms with Crippen molar-refractivity contribution in [3.8, 4) is 0 Å². The first-order valence-corrected chi connectivity index (χ1v) is 10.1. The van der Waals surface area contributed by atoms with E-state index in [-0.39, 0.29) is 0 Å². The molecule has 0 spiro atoms. The molecule has 0 saturated carbocycles. The van der Waals surface area contributed by atoms with Crippen LogP contribution < -0.4 is 0 Å². The minimum atomic E-state index is -2.50. The summed E-state index contributed by atoms with van der Waals surface area (Å²) in [7, 11) is 0. The normalized spacial score (nSPS) is 15.5. The number of rotatable bonds is 18. The Kier molecular flexibility index (Phi) is 17.8. The van der Waals surface area contributed by atoms with Crippen molar-refractivity contribution >= 4 is 0 Å². The van der Waals surface area contributed by atoms with Crippen molar-refractivity contribution in [3.63, 3.8) is 0 Å². The van der Waals surface area contributed by atoms with Gasteiger partial charge in [-0.3, -0.25) is 0 Å². The van der Waals surface area contributed by atoms with E-state index in [1.54, 1.807) is 0 Å². The van der Waals surface area contributed by atoms with Crippen molar-refractivity contribution in [3.05, 3.63) is 48.6 Å². The first kappa shape index (κ1) is 21.1. The topological polar surface area (TPSA) is 49.7 Å². The van der Waals surface area contributed by atoms with Crippen LogP contribution in [0, 0.1) is 0 Å². The van der Waals surface area contributed by atoms with Crippen molar-refractivity contribution in [1.82, 2.24) is 0 Å². The number of aliphatic hydroxyl groups excluding tert-OH is 1. The second kappa shape index (κ2) is 21.9. The molecular formula is C23H40O3. The monoisotopic (exact) mass is 366 g/mol. The maximum absolute atomic E-state index is 9.15. The van der Waals surface area contributed by atoms with E-state index in [0.29, 0.717) is 6.61 Å². The zero-order valence-electron chi connectivity index (χ0n) is 18.5. The summed E-state index contributed by atoms with van der Waals surface area (Å²) in [4.78, 5) is 0. The van der Waals surface area contributed by atoms with Crippen LogP contribution in [0.5, 0.6) is 0 Å². The molecule has 0 radical (unpaired) electrons. The summed E-state index contributed by atoms with van der Waals surface area (Å²) in [5.74, 6) is 0. The zero-order valence-corrected chi connectivity index (χ0v) is 16.5. The van der Waals surface area contributed by atoms with Gasteiger partial charge in [0.15, 0.2) is 0 Å². The van der Waals surface area contributed by atoms with Gasteiger partial charge in [-0.05, 0) is 51.4 Å². The molecule has 3 heteroatoms. The number of aliphatic hydroxyl groups is 2. The fourth-order valence-electron chi connectivity index (χ4n) is 2.28. The second-order valence-electron chi connectivity index (χ2n) is 6.26. The third-order valence-electron chi connectivity index (χ3n) is 3.85. The summed E-state index contributed by atoms with van der Waals surface area (Å²) >= 11 is 0. The van der Waals surface area contributed by atoms with E-state index >= 15 is 0 Å². The fourth-order valence-corrected chi connectivity index (χ4v) is 2.28. The van der Waals surface area contributed by atoms with Crippen LogP contribution in [-0.2, 0) is 4.74 Å². The first-order valence-electron chi connectivity index (χ1n) is 11.1. The van der Waals surface area contributed by atoms with Gasteiger partial charge in [0.05, 0.1) is 15.9 Å². The predicted molar refractivity (Wildman–Crippen MR) is 112 cm³/mol. The van der Waals surface area contributed by atoms with Crippen LogP contribution in [0.25, 0.3) is 0 Å². The Morgan fingerprint density at radius 3 is 1.73 bits per heavy atom. The molecule has 0 heterocycles. The minimum absolute atomic E-state index is 0.333. The van der Waals surface area contributed by atoms with Crippen LogP contribution in [-0.4, -0.2) is 36.1 Å². The van der Waals surface area contributed by atoms with Gasteiger partial charge in [-0.15, -0.1) is 0 Å². The molecule has 0 aliphatic carbocycles. The lowest BCUT2D eigenvalue weighted by molar-refractivity contribution is -0.0206. The zero-order chi connectivity index (χ0) is 20.9. The molecule has 26 heavy (non-hydrogen) atoms. The molecule has 150 valence electrons. The van der Waals surface area contributed by atoms with Crippen molar-refractivity contribution in [2.24, 2.45) is 0 Å². The van der Waals surface area contributed by atoms with Crippen LogP contribution in [0.15, 0.2) is 48.6 Å². The van der Waals surface area contributed by atoms with Crippen LogP contribution in [0.4, 0.5) is 0 Å². The fraction of sp³-hybridized carbons (Fsp3) is 0.652. The number of allylic oxidation sites excluding steroid dienone is 8. The Labute approximate surface area is 164 Å². The average Bonchev–Trinajstić information content (AvgIpc) is 2.65. The number of unbranched alkanes of at least 4 members (excludes halogenated alkanes) is 5. The van der Waals surface area contributed by atoms with Crippen molar-refractivity contribution in [2.75, 3.05) is 19.8 Å². The summed E-state index contributed by atoms with van der Waals surface area (Å²) in [5, 5.41) is 18.1. The van der Waals surface area contributed by atoms with E-state index < -0.39 is 19.3 Å². The standard InChI is InChI=1S/C23H40O3/c1-2-3-4-5-6-7-8-9-10-11-12-13-14-15-16-17-18-19-20-26-23(21-24)22-25/h6-7,9-10,12-13,15-16,23-25H,2-5,8,11,14,17-22H2,1H3/i21D2. The van der Waals surface area contributed by atoms with Crippen LogP contribution in [0.2, 0.25) is 0 Å². The number of hydrogen-bond donors (Lipinski definition) is 2. The predicted octanol–water partition coefficient (Wildman–Crippen LogP) is 5.50. The molecule has 0 fully saturated rings. The molecule has 0 rings (SSSR count). The van der Waals surface area contributed by atoms with Crippen LogP contribution >= 0.6 is 0 Å². The van der Waals surface area contributed by atoms with Crippen molar-refractivity contribution in [2.45, 2.75) is 77.2 Å². The summed E-state index contributed by atoms with van der Waals surface area (Å²) in [6.07, 6.45) is 27.0. The van der Waals surface area contributed by atoms with Gasteiger partial charge in [-0.25, -0.2) is 0 Å². The van der Waals surface area contributed by atoms with Gasteiger partial charge < -0.3 is 14.9 Å². The van der Waals surface area contributed by atoms with E-state index in [1.165, 1.54) is 25.7 Å². The largest absolute Gasteiger partial charge is 0.394 e. The highest BCUT2D eigenvalue weighted by atomic mass is 16.5. The summed E-state index contributed by atoms with van der Waals surface area (Å²) in [6.45, 7) is -0.465. The Bertz CT molecular complexity index is 451. The van der Waals surface area contributed by atoms with Gasteiger partial charge >= 0.3 is 0 Å². The van der Waals surface area contributed by atoms with Gasteiger partial charge in [-0.2, -0.15) is 0 Å². The second-order valence-corrected chi connectivity index (χ2v) is 6.26. The molecule has 0 amide bonds. The third kappa shape index (κ3) is 19.2. The molecule has 1 atom stereocenters. The van der Waals surface area contributed by atoms with E-state index in [0.717, 1.165) is 38.5 Å². The average molecular weight is 367 g/mol. The third-order valence-corrected chi connectivity index (χ3v) is 3.85. The number of ether oxygens (including phenoxy) is 1. The molecule has 0 saturated heterocycles. The Morgan fingerprint density at radius 2 is 1.27 bits per heavy atom. The molecular weight excluding hydrogens is 324 g/mol. The highest BCUT2D eigenvalue weighted by molar-refractivity contribution is 4.99. The maximum atomic E-state index is 9.15. The molecule has 1 unspecified atom stereocenters. The van der Waals surface area contributed by atoms with Gasteiger partial charge in [0.2, 0.25) is 0 Å². The van der Waals surface area contributed by atoms with Gasteiger partial charge in [-0.1, -0.05) is 68.4 Å². The highest BCUT2D eigenvalue weighted by Crippen LogP contribution is 2.02. The smallest absolute Gasteiger partial charge is 0.104 e. The Balaban J connectivity index is 3.53. The van der Waals surface area contributed by atoms with Crippen LogP contribution in [0.1, 0.15) is 73.9 Å². The Hall–Kier alpha value is -1.16. The highest BCUT2D eigenvalue weighted by Gasteiger charge is 2.03. The number of hydrogen-bond acceptors (Lipinski definition) is 3. The van der Waals surface area contributed by atoms with E-state index in [2.05, 4.69) is 55.5 Å². The Morgan fingerprint density at radius 1 is 0.769 bits per heavy atom. The molecule has 0 aliphatic heterocycles. The molecule has 0 bridgehead atoms. The molecule has 2 N–H and O–H groups in total. The lowest BCUT2D eigenvalue weighted by Crippen LogP contribution is -2.22.